The number of esters is 3. The molecule has 1 aromatic heterocycles. The fraction of sp³-hybridized carbons (Fsp3) is 0.409. The summed E-state index contributed by atoms with van der Waals surface area (Å²) in [5, 5.41) is 9.50. The number of aromatic carboxylic acids is 1. The molecule has 1 saturated heterocycles. The van der Waals surface area contributed by atoms with Gasteiger partial charge in [-0.25, -0.2) is 18.4 Å². The quantitative estimate of drug-likeness (QED) is 0.0580. The van der Waals surface area contributed by atoms with Gasteiger partial charge in [-0.05, 0) is 49.9 Å². The van der Waals surface area contributed by atoms with Crippen LogP contribution in [0.3, 0.4) is 0 Å². The summed E-state index contributed by atoms with van der Waals surface area (Å²) in [4.78, 5) is 78.1. The van der Waals surface area contributed by atoms with Gasteiger partial charge in [0.25, 0.3) is 0 Å². The summed E-state index contributed by atoms with van der Waals surface area (Å²) in [6.07, 6.45) is 1.48. The lowest BCUT2D eigenvalue weighted by Crippen LogP contribution is -2.54. The maximum Gasteiger partial charge on any atom is 0.413 e. The summed E-state index contributed by atoms with van der Waals surface area (Å²) < 4.78 is 58.5. The van der Waals surface area contributed by atoms with Gasteiger partial charge in [0.05, 0.1) is 50.0 Å². The van der Waals surface area contributed by atoms with Crippen LogP contribution in [0.4, 0.5) is 19.3 Å². The van der Waals surface area contributed by atoms with Crippen LogP contribution in [0.25, 0.3) is 22.0 Å². The minimum Gasteiger partial charge on any atom is -0.492 e. The van der Waals surface area contributed by atoms with Gasteiger partial charge in [-0.2, -0.15) is 0 Å². The van der Waals surface area contributed by atoms with Crippen LogP contribution in [-0.2, 0) is 33.3 Å². The van der Waals surface area contributed by atoms with Gasteiger partial charge in [0.2, 0.25) is 12.2 Å². The summed E-state index contributed by atoms with van der Waals surface area (Å²) in [5.41, 5.74) is 6.60. The number of anilines is 1. The maximum absolute atomic E-state index is 15.8. The van der Waals surface area contributed by atoms with Crippen LogP contribution in [0.2, 0.25) is 0 Å². The second-order valence-corrected chi connectivity index (χ2v) is 15.2. The number of carboxylic acid groups (broad SMARTS) is 1. The Morgan fingerprint density at radius 2 is 1.60 bits per heavy atom. The zero-order valence-electron chi connectivity index (χ0n) is 34.5. The number of carboxylic acids is 1. The maximum atomic E-state index is 15.8. The number of carbonyl (C=O) groups is 5. The molecule has 2 aliphatic rings. The second kappa shape index (κ2) is 19.9. The first-order valence-corrected chi connectivity index (χ1v) is 20.1. The Kier molecular flexibility index (Phi) is 14.4. The summed E-state index contributed by atoms with van der Waals surface area (Å²) in [6, 6.07) is 13.1. The Morgan fingerprint density at radius 1 is 0.903 bits per heavy atom. The standard InChI is InChI=1S/C44H48F2N4O12/c1-25-22-48(39-35(46)21-32-38(41(39)58-3)50(30-11-12-30)23-33(40(32)53)42(54)55)14-15-49(25)44(57)62-24-61-37(52)20-29(47)19-36(51)59-16-7-17-60-43(56)26(2)28-10-13-31(34(45)18-28)27-8-5-4-6-9-27/h4-6,8-10,13,18,21,23,25-26,29-30H,7,11-12,14-17,19-20,22,24,47H2,1-3H3,(H,54,55). The third-order valence-corrected chi connectivity index (χ3v) is 10.7. The van der Waals surface area contributed by atoms with E-state index in [1.165, 1.54) is 24.3 Å². The van der Waals surface area contributed by atoms with Crippen LogP contribution in [0, 0.1) is 11.6 Å². The molecule has 3 aromatic carbocycles. The summed E-state index contributed by atoms with van der Waals surface area (Å²) in [5.74, 6) is -5.39. The van der Waals surface area contributed by atoms with Crippen molar-refractivity contribution in [2.75, 3.05) is 51.7 Å². The number of fused-ring (bicyclic) bond motifs is 1. The second-order valence-electron chi connectivity index (χ2n) is 15.2. The summed E-state index contributed by atoms with van der Waals surface area (Å²) >= 11 is 0. The number of rotatable bonds is 17. The van der Waals surface area contributed by atoms with Gasteiger partial charge < -0.3 is 48.9 Å². The predicted octanol–water partition coefficient (Wildman–Crippen LogP) is 5.52. The van der Waals surface area contributed by atoms with E-state index in [1.54, 1.807) is 47.6 Å². The summed E-state index contributed by atoms with van der Waals surface area (Å²) in [6.45, 7) is 2.83. The molecule has 0 bridgehead atoms. The number of hydrogen-bond acceptors (Lipinski definition) is 13. The highest BCUT2D eigenvalue weighted by Crippen LogP contribution is 2.44. The Bertz CT molecular complexity index is 2390. The van der Waals surface area contributed by atoms with E-state index in [1.807, 2.05) is 18.2 Å². The highest BCUT2D eigenvalue weighted by atomic mass is 19.1. The van der Waals surface area contributed by atoms with Gasteiger partial charge in [0.15, 0.2) is 11.6 Å². The molecule has 4 aromatic rings. The lowest BCUT2D eigenvalue weighted by Gasteiger charge is -2.40. The van der Waals surface area contributed by atoms with Crippen molar-refractivity contribution < 1.29 is 61.5 Å². The van der Waals surface area contributed by atoms with Crippen molar-refractivity contribution in [3.63, 3.8) is 0 Å². The van der Waals surface area contributed by atoms with E-state index in [0.717, 1.165) is 18.9 Å². The minimum atomic E-state index is -1.41. The van der Waals surface area contributed by atoms with Crippen LogP contribution in [-0.4, -0.2) is 103 Å². The molecule has 0 spiro atoms. The number of methoxy groups -OCH3 is 1. The van der Waals surface area contributed by atoms with Crippen molar-refractivity contribution in [1.29, 1.82) is 0 Å². The van der Waals surface area contributed by atoms with Crippen molar-refractivity contribution in [2.45, 2.75) is 70.0 Å². The number of nitrogens with zero attached hydrogens (tertiary/aromatic N) is 3. The average Bonchev–Trinajstić information content (AvgIpc) is 4.09. The average molecular weight is 863 g/mol. The van der Waals surface area contributed by atoms with Gasteiger partial charge >= 0.3 is 30.0 Å². The predicted molar refractivity (Wildman–Crippen MR) is 220 cm³/mol. The van der Waals surface area contributed by atoms with Crippen LogP contribution in [0.1, 0.15) is 73.8 Å². The smallest absolute Gasteiger partial charge is 0.413 e. The van der Waals surface area contributed by atoms with Gasteiger partial charge in [-0.1, -0.05) is 42.5 Å². The van der Waals surface area contributed by atoms with E-state index >= 15 is 4.39 Å². The fourth-order valence-electron chi connectivity index (χ4n) is 7.33. The molecule has 2 fully saturated rings. The van der Waals surface area contributed by atoms with E-state index < -0.39 is 77.4 Å². The number of carbonyl (C=O) groups excluding carboxylic acids is 4. The first-order chi connectivity index (χ1) is 29.7. The number of pyridine rings is 1. The van der Waals surface area contributed by atoms with Gasteiger partial charge in [-0.15, -0.1) is 0 Å². The number of piperazine rings is 1. The first-order valence-electron chi connectivity index (χ1n) is 20.1. The van der Waals surface area contributed by atoms with Crippen molar-refractivity contribution in [2.24, 2.45) is 5.73 Å². The van der Waals surface area contributed by atoms with E-state index in [0.29, 0.717) is 22.2 Å². The minimum absolute atomic E-state index is 0.0485. The summed E-state index contributed by atoms with van der Waals surface area (Å²) in [7, 11) is 1.34. The molecule has 0 radical (unpaired) electrons. The van der Waals surface area contributed by atoms with Crippen LogP contribution in [0.15, 0.2) is 65.6 Å². The molecule has 16 nitrogen and oxygen atoms in total. The van der Waals surface area contributed by atoms with E-state index in [9.17, 15) is 38.3 Å². The Labute approximate surface area is 355 Å². The number of ether oxygens (including phenoxy) is 5. The molecule has 3 atom stereocenters. The normalized spacial score (nSPS) is 16.0. The number of benzene rings is 3. The van der Waals surface area contributed by atoms with Crippen LogP contribution < -0.4 is 20.8 Å². The number of aromatic nitrogens is 1. The zero-order chi connectivity index (χ0) is 44.7. The largest absolute Gasteiger partial charge is 0.492 e. The van der Waals surface area contributed by atoms with Gasteiger partial charge in [-0.3, -0.25) is 19.2 Å². The molecule has 3 N–H and O–H groups in total. The highest BCUT2D eigenvalue weighted by Gasteiger charge is 2.35. The molecule has 6 rings (SSSR count). The molecule has 1 aliphatic heterocycles. The van der Waals surface area contributed by atoms with Gasteiger partial charge in [0, 0.05) is 55.9 Å². The van der Waals surface area contributed by atoms with E-state index in [4.69, 9.17) is 29.4 Å². The zero-order valence-corrected chi connectivity index (χ0v) is 34.5. The number of hydrogen-bond donors (Lipinski definition) is 2. The van der Waals surface area contributed by atoms with Crippen molar-refractivity contribution in [1.82, 2.24) is 9.47 Å². The SMILES string of the molecule is COc1c(N2CCN(C(=O)OCOC(=O)CC(N)CC(=O)OCCCOC(=O)C(C)c3ccc(-c4ccccc4)c(F)c3)C(C)C2)c(F)cc2c(=O)c(C(=O)O)cn(C3CC3)c12. The lowest BCUT2D eigenvalue weighted by atomic mass is 9.97. The molecule has 1 aliphatic carbocycles. The third kappa shape index (κ3) is 10.5. The van der Waals surface area contributed by atoms with Crippen molar-refractivity contribution in [3.05, 3.63) is 93.8 Å². The number of amides is 1. The van der Waals surface area contributed by atoms with Gasteiger partial charge in [0.1, 0.15) is 17.1 Å². The van der Waals surface area contributed by atoms with E-state index in [-0.39, 0.29) is 75.0 Å². The molecular formula is C44H48F2N4O12. The Morgan fingerprint density at radius 3 is 2.24 bits per heavy atom. The molecule has 18 heteroatoms. The number of halogens is 2. The van der Waals surface area contributed by atoms with Crippen molar-refractivity contribution in [3.8, 4) is 16.9 Å². The molecule has 2 heterocycles. The fourth-order valence-corrected chi connectivity index (χ4v) is 7.33. The molecule has 3 unspecified atom stereocenters. The topological polar surface area (TPSA) is 206 Å². The molecule has 1 saturated carbocycles. The Balaban J connectivity index is 0.891. The number of nitrogens with two attached hydrogens (primary N) is 1. The highest BCUT2D eigenvalue weighted by molar-refractivity contribution is 5.97. The monoisotopic (exact) mass is 862 g/mol. The molecule has 1 amide bonds. The molecule has 62 heavy (non-hydrogen) atoms. The lowest BCUT2D eigenvalue weighted by molar-refractivity contribution is -0.153. The first kappa shape index (κ1) is 45.0. The van der Waals surface area contributed by atoms with Crippen LogP contribution in [0.5, 0.6) is 5.75 Å². The third-order valence-electron chi connectivity index (χ3n) is 10.7. The molecular weight excluding hydrogens is 814 g/mol. The molecule has 330 valence electrons. The Hall–Kier alpha value is -6.56. The van der Waals surface area contributed by atoms with Crippen LogP contribution >= 0.6 is 0 Å². The van der Waals surface area contributed by atoms with E-state index in [2.05, 4.69) is 0 Å². The van der Waals surface area contributed by atoms with Crippen molar-refractivity contribution >= 4 is 46.6 Å².